The first-order valence-corrected chi connectivity index (χ1v) is 11.8. The largest absolute Gasteiger partial charge is 0.491 e. The standard InChI is InChI=1S/C8H20O5P2S2.HO2P/c1-5-9-14(16,10-6-2)13-15(17,11-7-3)12-8-4;1-3-2/h5-8H2,1-4H3;3H/p+1. The van der Waals surface area contributed by atoms with Crippen LogP contribution >= 0.6 is 22.1 Å². The third-order valence-corrected chi connectivity index (χ3v) is 7.71. The molecule has 0 aromatic heterocycles. The van der Waals surface area contributed by atoms with E-state index in [-0.39, 0.29) is 0 Å². The lowest BCUT2D eigenvalue weighted by molar-refractivity contribution is 0.176. The summed E-state index contributed by atoms with van der Waals surface area (Å²) in [6.07, 6.45) is 0. The Morgan fingerprint density at radius 1 is 0.850 bits per heavy atom. The highest BCUT2D eigenvalue weighted by Gasteiger charge is 2.31. The molecule has 0 aliphatic rings. The van der Waals surface area contributed by atoms with Crippen LogP contribution in [0.25, 0.3) is 0 Å². The van der Waals surface area contributed by atoms with Crippen molar-refractivity contribution in [3.05, 3.63) is 0 Å². The van der Waals surface area contributed by atoms with Crippen molar-refractivity contribution in [3.8, 4) is 0 Å². The predicted molar refractivity (Wildman–Crippen MR) is 87.4 cm³/mol. The molecule has 0 rings (SSSR count). The van der Waals surface area contributed by atoms with E-state index in [0.717, 1.165) is 0 Å². The van der Waals surface area contributed by atoms with Gasteiger partial charge >= 0.3 is 22.1 Å². The molecule has 0 spiro atoms. The first-order valence-electron chi connectivity index (χ1n) is 5.87. The average molecular weight is 387 g/mol. The highest BCUT2D eigenvalue weighted by Crippen LogP contribution is 2.66. The summed E-state index contributed by atoms with van der Waals surface area (Å²) >= 11 is 10.4. The highest BCUT2D eigenvalue weighted by atomic mass is 32.5. The minimum atomic E-state index is -2.87. The molecule has 0 saturated heterocycles. The van der Waals surface area contributed by atoms with Crippen LogP contribution < -0.4 is 0 Å². The molecule has 1 unspecified atom stereocenters. The third-order valence-electron chi connectivity index (χ3n) is 1.35. The number of hydrogen-bond acceptors (Lipinski definition) is 8. The second-order valence-corrected chi connectivity index (χ2v) is 9.08. The lowest BCUT2D eigenvalue weighted by Crippen LogP contribution is -2.03. The Kier molecular flexibility index (Phi) is 16.2. The van der Waals surface area contributed by atoms with E-state index in [1.54, 1.807) is 0 Å². The minimum absolute atomic E-state index is 0.394. The van der Waals surface area contributed by atoms with E-state index in [4.69, 9.17) is 55.5 Å². The second-order valence-electron chi connectivity index (χ2n) is 2.74. The minimum Gasteiger partial charge on any atom is -0.309 e. The monoisotopic (exact) mass is 387 g/mol. The summed E-state index contributed by atoms with van der Waals surface area (Å²) in [7, 11) is -1.17. The summed E-state index contributed by atoms with van der Waals surface area (Å²) in [5.74, 6) is 0. The Hall–Kier alpha value is 1.16. The lowest BCUT2D eigenvalue weighted by Gasteiger charge is -2.27. The van der Waals surface area contributed by atoms with Gasteiger partial charge in [-0.2, -0.15) is 4.89 Å². The predicted octanol–water partition coefficient (Wildman–Crippen LogP) is 3.52. The zero-order chi connectivity index (χ0) is 16.1. The van der Waals surface area contributed by atoms with Crippen molar-refractivity contribution in [2.45, 2.75) is 27.7 Å². The van der Waals surface area contributed by atoms with E-state index in [9.17, 15) is 0 Å². The van der Waals surface area contributed by atoms with Gasteiger partial charge in [0.25, 0.3) is 0 Å². The molecule has 1 atom stereocenters. The second kappa shape index (κ2) is 13.8. The zero-order valence-corrected chi connectivity index (χ0v) is 16.4. The molecule has 12 heteroatoms. The quantitative estimate of drug-likeness (QED) is 0.566. The van der Waals surface area contributed by atoms with Crippen molar-refractivity contribution in [1.82, 2.24) is 0 Å². The van der Waals surface area contributed by atoms with E-state index in [2.05, 4.69) is 0 Å². The topological polar surface area (TPSA) is 83.5 Å². The molecule has 0 fully saturated rings. The van der Waals surface area contributed by atoms with Crippen LogP contribution in [0, 0.1) is 0 Å². The molecule has 0 radical (unpaired) electrons. The maximum atomic E-state index is 8.51. The first-order chi connectivity index (χ1) is 9.36. The number of hydrogen-bond donors (Lipinski definition) is 1. The molecule has 1 N–H and O–H groups in total. The van der Waals surface area contributed by atoms with Crippen molar-refractivity contribution in [1.29, 1.82) is 0 Å². The summed E-state index contributed by atoms with van der Waals surface area (Å²) in [6.45, 7) is 3.09. The molecule has 0 bridgehead atoms. The summed E-state index contributed by atoms with van der Waals surface area (Å²) < 4.78 is 35.4. The van der Waals surface area contributed by atoms with Gasteiger partial charge in [-0.1, -0.05) is 0 Å². The van der Waals surface area contributed by atoms with E-state index in [1.807, 2.05) is 27.7 Å². The summed E-state index contributed by atoms with van der Waals surface area (Å²) in [5.41, 5.74) is 0. The maximum absolute atomic E-state index is 8.51. The molecule has 0 amide bonds. The molecule has 0 aromatic rings. The normalized spacial score (nSPS) is 12.1. The Morgan fingerprint density at radius 2 is 1.05 bits per heavy atom. The van der Waals surface area contributed by atoms with E-state index >= 15 is 0 Å². The van der Waals surface area contributed by atoms with Gasteiger partial charge in [0.15, 0.2) is 0 Å². The van der Waals surface area contributed by atoms with Crippen LogP contribution in [-0.2, 0) is 50.6 Å². The summed E-state index contributed by atoms with van der Waals surface area (Å²) in [4.78, 5) is 7.04. The fourth-order valence-electron chi connectivity index (χ4n) is 0.924. The average Bonchev–Trinajstić information content (AvgIpc) is 2.30. The van der Waals surface area contributed by atoms with E-state index < -0.39 is 22.1 Å². The molecule has 0 aliphatic carbocycles. The van der Waals surface area contributed by atoms with Gasteiger partial charge < -0.3 is 18.1 Å². The summed E-state index contributed by atoms with van der Waals surface area (Å²) in [6, 6.07) is 0. The lowest BCUT2D eigenvalue weighted by atomic mass is 10.9. The molecule has 122 valence electrons. The molecular weight excluding hydrogens is 365 g/mol. The van der Waals surface area contributed by atoms with E-state index in [1.165, 1.54) is 0 Å². The highest BCUT2D eigenvalue weighted by molar-refractivity contribution is 8.14. The van der Waals surface area contributed by atoms with Gasteiger partial charge in [-0.05, 0) is 55.9 Å². The third kappa shape index (κ3) is 11.8. The van der Waals surface area contributed by atoms with Gasteiger partial charge in [-0.15, -0.1) is 0 Å². The first kappa shape index (κ1) is 23.4. The van der Waals surface area contributed by atoms with Crippen LogP contribution in [0.4, 0.5) is 0 Å². The molecule has 7 nitrogen and oxygen atoms in total. The van der Waals surface area contributed by atoms with Gasteiger partial charge in [0.1, 0.15) is 0 Å². The Labute approximate surface area is 132 Å². The van der Waals surface area contributed by atoms with Gasteiger partial charge in [-0.25, -0.2) is 4.31 Å². The molecular formula is C8H22O7P3S2+. The smallest absolute Gasteiger partial charge is 0.309 e. The van der Waals surface area contributed by atoms with E-state index in [0.29, 0.717) is 26.4 Å². The van der Waals surface area contributed by atoms with Crippen LogP contribution in [0.3, 0.4) is 0 Å². The van der Waals surface area contributed by atoms with Crippen molar-refractivity contribution >= 4 is 45.7 Å². The molecule has 0 saturated carbocycles. The van der Waals surface area contributed by atoms with Crippen LogP contribution in [0.2, 0.25) is 0 Å². The fourth-order valence-corrected chi connectivity index (χ4v) is 7.30. The van der Waals surface area contributed by atoms with Gasteiger partial charge in [0, 0.05) is 0 Å². The molecule has 0 aliphatic heterocycles. The Balaban J connectivity index is 0. The van der Waals surface area contributed by atoms with Crippen LogP contribution in [0.5, 0.6) is 0 Å². The van der Waals surface area contributed by atoms with Gasteiger partial charge in [0.05, 0.1) is 26.4 Å². The molecule has 20 heavy (non-hydrogen) atoms. The van der Waals surface area contributed by atoms with Gasteiger partial charge in [-0.3, -0.25) is 0 Å². The fraction of sp³-hybridized carbons (Fsp3) is 1.00. The SMILES string of the molecule is CCOP(=S)(OCC)OP(=S)(OCC)OCC.O=[PH+]O. The van der Waals surface area contributed by atoms with Crippen molar-refractivity contribution in [2.24, 2.45) is 0 Å². The Morgan fingerprint density at radius 3 is 1.20 bits per heavy atom. The van der Waals surface area contributed by atoms with Crippen LogP contribution in [0.1, 0.15) is 27.7 Å². The Bertz CT molecular complexity index is 294. The molecule has 0 aromatic carbocycles. The van der Waals surface area contributed by atoms with Crippen molar-refractivity contribution in [2.75, 3.05) is 26.4 Å². The van der Waals surface area contributed by atoms with Gasteiger partial charge in [0.2, 0.25) is 0 Å². The molecule has 0 heterocycles. The van der Waals surface area contributed by atoms with Crippen molar-refractivity contribution < 1.29 is 31.9 Å². The van der Waals surface area contributed by atoms with Crippen LogP contribution in [0.15, 0.2) is 0 Å². The number of rotatable bonds is 10. The summed E-state index contributed by atoms with van der Waals surface area (Å²) in [5, 5.41) is 0. The van der Waals surface area contributed by atoms with Crippen LogP contribution in [-0.4, -0.2) is 31.3 Å². The maximum Gasteiger partial charge on any atom is 0.491 e. The zero-order valence-electron chi connectivity index (χ0n) is 11.9. The van der Waals surface area contributed by atoms with Crippen molar-refractivity contribution in [3.63, 3.8) is 0 Å².